The maximum Gasteiger partial charge on any atom is 0.410 e. The van der Waals surface area contributed by atoms with Crippen LogP contribution < -0.4 is 4.74 Å². The Hall–Kier alpha value is -1.85. The van der Waals surface area contributed by atoms with Crippen LogP contribution in [0.5, 0.6) is 5.75 Å². The van der Waals surface area contributed by atoms with Crippen molar-refractivity contribution < 1.29 is 14.3 Å². The summed E-state index contributed by atoms with van der Waals surface area (Å²) in [5.41, 5.74) is 0.191. The Balaban J connectivity index is 2.25. The lowest BCUT2D eigenvalue weighted by Gasteiger charge is -2.36. The van der Waals surface area contributed by atoms with Gasteiger partial charge in [0, 0.05) is 12.6 Å². The maximum absolute atomic E-state index is 12.4. The second-order valence-electron chi connectivity index (χ2n) is 6.17. The smallest absolute Gasteiger partial charge is 0.410 e. The quantitative estimate of drug-likeness (QED) is 0.838. The van der Waals surface area contributed by atoms with Crippen LogP contribution >= 0.6 is 0 Å². The number of hydrogen-bond acceptors (Lipinski definition) is 5. The molecular formula is C15H23N3O3. The summed E-state index contributed by atoms with van der Waals surface area (Å²) in [7, 11) is 1.60. The predicted molar refractivity (Wildman–Crippen MR) is 78.1 cm³/mol. The molecule has 0 radical (unpaired) electrons. The Bertz CT molecular complexity index is 499. The number of carbonyl (C=O) groups is 1. The summed E-state index contributed by atoms with van der Waals surface area (Å²) in [5, 5.41) is 8.11. The molecule has 2 heterocycles. The molecule has 1 fully saturated rings. The zero-order valence-corrected chi connectivity index (χ0v) is 13.1. The lowest BCUT2D eigenvalue weighted by molar-refractivity contribution is 0.00864. The van der Waals surface area contributed by atoms with E-state index in [4.69, 9.17) is 9.47 Å². The Labute approximate surface area is 125 Å². The van der Waals surface area contributed by atoms with Gasteiger partial charge in [-0.15, -0.1) is 5.10 Å². The van der Waals surface area contributed by atoms with Crippen LogP contribution in [-0.4, -0.2) is 40.4 Å². The van der Waals surface area contributed by atoms with E-state index >= 15 is 0 Å². The van der Waals surface area contributed by atoms with E-state index in [9.17, 15) is 4.79 Å². The number of amides is 1. The number of carbonyl (C=O) groups excluding carboxylic acids is 1. The monoisotopic (exact) mass is 293 g/mol. The van der Waals surface area contributed by atoms with Gasteiger partial charge in [-0.3, -0.25) is 4.90 Å². The van der Waals surface area contributed by atoms with Crippen LogP contribution in [0.1, 0.15) is 51.8 Å². The highest BCUT2D eigenvalue weighted by Gasteiger charge is 2.34. The molecule has 21 heavy (non-hydrogen) atoms. The molecule has 6 nitrogen and oxygen atoms in total. The van der Waals surface area contributed by atoms with Gasteiger partial charge in [0.05, 0.1) is 19.3 Å². The summed E-state index contributed by atoms with van der Waals surface area (Å²) in [4.78, 5) is 14.1. The van der Waals surface area contributed by atoms with Gasteiger partial charge in [0.25, 0.3) is 0 Å². The van der Waals surface area contributed by atoms with Crippen LogP contribution in [0.3, 0.4) is 0 Å². The Morgan fingerprint density at radius 2 is 2.14 bits per heavy atom. The first-order valence-corrected chi connectivity index (χ1v) is 7.27. The van der Waals surface area contributed by atoms with E-state index in [0.717, 1.165) is 19.3 Å². The fourth-order valence-corrected chi connectivity index (χ4v) is 2.49. The number of rotatable bonds is 2. The number of hydrogen-bond donors (Lipinski definition) is 0. The number of aromatic nitrogens is 2. The van der Waals surface area contributed by atoms with Crippen LogP contribution in [0.4, 0.5) is 4.79 Å². The second kappa shape index (κ2) is 6.28. The fraction of sp³-hybridized carbons (Fsp3) is 0.667. The number of methoxy groups -OCH3 is 1. The van der Waals surface area contributed by atoms with Gasteiger partial charge in [-0.2, -0.15) is 5.10 Å². The molecule has 0 bridgehead atoms. The minimum Gasteiger partial charge on any atom is -0.495 e. The molecule has 1 aliphatic rings. The van der Waals surface area contributed by atoms with Crippen molar-refractivity contribution in [1.29, 1.82) is 0 Å². The SMILES string of the molecule is COc1ccnnc1C1CCCCN1C(=O)OC(C)(C)C. The summed E-state index contributed by atoms with van der Waals surface area (Å²) in [6, 6.07) is 1.63. The molecule has 0 saturated carbocycles. The molecule has 1 aromatic rings. The molecule has 6 heteroatoms. The number of nitrogens with zero attached hydrogens (tertiary/aromatic N) is 3. The zero-order chi connectivity index (χ0) is 15.5. The lowest BCUT2D eigenvalue weighted by atomic mass is 9.99. The summed E-state index contributed by atoms with van der Waals surface area (Å²) in [6.07, 6.45) is 4.14. The highest BCUT2D eigenvalue weighted by atomic mass is 16.6. The minimum atomic E-state index is -0.508. The van der Waals surface area contributed by atoms with Gasteiger partial charge in [-0.05, 0) is 40.0 Å². The van der Waals surface area contributed by atoms with Crippen molar-refractivity contribution in [3.63, 3.8) is 0 Å². The van der Waals surface area contributed by atoms with Crippen molar-refractivity contribution in [3.8, 4) is 5.75 Å². The molecule has 0 N–H and O–H groups in total. The molecule has 2 rings (SSSR count). The standard InChI is InChI=1S/C15H23N3O3/c1-15(2,3)21-14(19)18-10-6-5-7-11(18)13-12(20-4)8-9-16-17-13/h8-9,11H,5-7,10H2,1-4H3. The molecule has 1 aliphatic heterocycles. The van der Waals surface area contributed by atoms with Crippen molar-refractivity contribution in [2.75, 3.05) is 13.7 Å². The number of ether oxygens (including phenoxy) is 2. The topological polar surface area (TPSA) is 64.6 Å². The van der Waals surface area contributed by atoms with Gasteiger partial charge in [0.1, 0.15) is 17.0 Å². The normalized spacial score (nSPS) is 19.2. The molecule has 0 spiro atoms. The highest BCUT2D eigenvalue weighted by molar-refractivity contribution is 5.69. The molecule has 1 aromatic heterocycles. The van der Waals surface area contributed by atoms with Crippen molar-refractivity contribution >= 4 is 6.09 Å². The molecule has 1 unspecified atom stereocenters. The van der Waals surface area contributed by atoms with Crippen LogP contribution in [0.25, 0.3) is 0 Å². The average Bonchev–Trinajstić information content (AvgIpc) is 2.45. The van der Waals surface area contributed by atoms with E-state index in [1.165, 1.54) is 0 Å². The molecule has 1 atom stereocenters. The first kappa shape index (κ1) is 15.5. The molecule has 0 aliphatic carbocycles. The van der Waals surface area contributed by atoms with E-state index < -0.39 is 5.60 Å². The maximum atomic E-state index is 12.4. The van der Waals surface area contributed by atoms with Gasteiger partial charge in [-0.25, -0.2) is 4.79 Å². The number of piperidine rings is 1. The summed E-state index contributed by atoms with van der Waals surface area (Å²) in [6.45, 7) is 6.27. The van der Waals surface area contributed by atoms with E-state index in [-0.39, 0.29) is 12.1 Å². The summed E-state index contributed by atoms with van der Waals surface area (Å²) in [5.74, 6) is 0.658. The Kier molecular flexibility index (Phi) is 4.65. The third kappa shape index (κ3) is 3.83. The lowest BCUT2D eigenvalue weighted by Crippen LogP contribution is -2.42. The second-order valence-corrected chi connectivity index (χ2v) is 6.17. The molecule has 0 aromatic carbocycles. The van der Waals surface area contributed by atoms with Gasteiger partial charge in [-0.1, -0.05) is 0 Å². The predicted octanol–water partition coefficient (Wildman–Crippen LogP) is 2.95. The first-order valence-electron chi connectivity index (χ1n) is 7.27. The van der Waals surface area contributed by atoms with E-state index in [0.29, 0.717) is 18.0 Å². The molecular weight excluding hydrogens is 270 g/mol. The molecule has 1 saturated heterocycles. The highest BCUT2D eigenvalue weighted by Crippen LogP contribution is 2.35. The van der Waals surface area contributed by atoms with E-state index in [2.05, 4.69) is 10.2 Å². The Morgan fingerprint density at radius 1 is 1.38 bits per heavy atom. The minimum absolute atomic E-state index is 0.141. The van der Waals surface area contributed by atoms with Gasteiger partial charge >= 0.3 is 6.09 Å². The number of likely N-dealkylation sites (tertiary alicyclic amines) is 1. The van der Waals surface area contributed by atoms with Crippen molar-refractivity contribution in [2.45, 2.75) is 51.7 Å². The van der Waals surface area contributed by atoms with Gasteiger partial charge in [0.2, 0.25) is 0 Å². The summed E-state index contributed by atoms with van der Waals surface area (Å²) >= 11 is 0. The largest absolute Gasteiger partial charge is 0.495 e. The zero-order valence-electron chi connectivity index (χ0n) is 13.1. The first-order chi connectivity index (χ1) is 9.92. The van der Waals surface area contributed by atoms with Crippen LogP contribution in [0, 0.1) is 0 Å². The molecule has 1 amide bonds. The summed E-state index contributed by atoms with van der Waals surface area (Å²) < 4.78 is 10.8. The van der Waals surface area contributed by atoms with E-state index in [1.807, 2.05) is 20.8 Å². The molecule has 116 valence electrons. The van der Waals surface area contributed by atoms with Crippen LogP contribution in [0.15, 0.2) is 12.3 Å². The fourth-order valence-electron chi connectivity index (χ4n) is 2.49. The van der Waals surface area contributed by atoms with Gasteiger partial charge in [0.15, 0.2) is 0 Å². The van der Waals surface area contributed by atoms with Crippen LogP contribution in [-0.2, 0) is 4.74 Å². The third-order valence-corrected chi connectivity index (χ3v) is 3.38. The Morgan fingerprint density at radius 3 is 2.81 bits per heavy atom. The van der Waals surface area contributed by atoms with Crippen molar-refractivity contribution in [2.24, 2.45) is 0 Å². The van der Waals surface area contributed by atoms with Crippen molar-refractivity contribution in [1.82, 2.24) is 15.1 Å². The van der Waals surface area contributed by atoms with Crippen molar-refractivity contribution in [3.05, 3.63) is 18.0 Å². The van der Waals surface area contributed by atoms with Gasteiger partial charge < -0.3 is 9.47 Å². The third-order valence-electron chi connectivity index (χ3n) is 3.38. The van der Waals surface area contributed by atoms with Crippen LogP contribution in [0.2, 0.25) is 0 Å². The average molecular weight is 293 g/mol. The van der Waals surface area contributed by atoms with E-state index in [1.54, 1.807) is 24.3 Å².